The highest BCUT2D eigenvalue weighted by molar-refractivity contribution is 6.59. The minimum atomic E-state index is -1.57. The summed E-state index contributed by atoms with van der Waals surface area (Å²) in [5.74, 6) is -0.0846. The molecule has 1 aliphatic heterocycles. The predicted molar refractivity (Wildman–Crippen MR) is 71.0 cm³/mol. The van der Waals surface area contributed by atoms with Crippen LogP contribution in [0.3, 0.4) is 0 Å². The Bertz CT molecular complexity index is 447. The summed E-state index contributed by atoms with van der Waals surface area (Å²) in [5.41, 5.74) is 0.707. The largest absolute Gasteiger partial charge is 0.488 e. The molecule has 1 amide bonds. The van der Waals surface area contributed by atoms with Crippen LogP contribution in [0, 0.1) is 0 Å². The lowest BCUT2D eigenvalue weighted by Crippen LogP contribution is -2.36. The van der Waals surface area contributed by atoms with Gasteiger partial charge in [-0.3, -0.25) is 4.79 Å². The molecule has 1 heterocycles. The van der Waals surface area contributed by atoms with Gasteiger partial charge in [-0.2, -0.15) is 0 Å². The smallest absolute Gasteiger partial charge is 0.423 e. The number of amides is 1. The van der Waals surface area contributed by atoms with Crippen LogP contribution in [0.4, 0.5) is 0 Å². The van der Waals surface area contributed by atoms with E-state index in [1.54, 1.807) is 11.0 Å². The highest BCUT2D eigenvalue weighted by Gasteiger charge is 2.21. The van der Waals surface area contributed by atoms with Crippen molar-refractivity contribution in [1.29, 1.82) is 0 Å². The molecule has 1 aromatic carbocycles. The number of nitrogens with zero attached hydrogens (tertiary/aromatic N) is 1. The molecule has 0 radical (unpaired) electrons. The van der Waals surface area contributed by atoms with Gasteiger partial charge in [0.05, 0.1) is 10.6 Å². The van der Waals surface area contributed by atoms with Crippen molar-refractivity contribution in [1.82, 2.24) is 4.90 Å². The number of piperidine rings is 1. The van der Waals surface area contributed by atoms with Gasteiger partial charge in [0.1, 0.15) is 0 Å². The van der Waals surface area contributed by atoms with E-state index in [1.165, 1.54) is 12.1 Å². The predicted octanol–water partition coefficient (Wildman–Crippen LogP) is 0.646. The summed E-state index contributed by atoms with van der Waals surface area (Å²) < 4.78 is 0. The zero-order valence-electron chi connectivity index (χ0n) is 9.97. The third kappa shape index (κ3) is 2.86. The molecule has 6 heteroatoms. The fourth-order valence-corrected chi connectivity index (χ4v) is 2.40. The lowest BCUT2D eigenvalue weighted by molar-refractivity contribution is 0.0724. The van der Waals surface area contributed by atoms with Gasteiger partial charge in [0, 0.05) is 13.1 Å². The number of hydrogen-bond acceptors (Lipinski definition) is 3. The molecule has 18 heavy (non-hydrogen) atoms. The van der Waals surface area contributed by atoms with Crippen molar-refractivity contribution in [3.05, 3.63) is 28.8 Å². The lowest BCUT2D eigenvalue weighted by atomic mass is 9.80. The molecule has 1 saturated heterocycles. The summed E-state index contributed by atoms with van der Waals surface area (Å²) in [4.78, 5) is 14.0. The molecule has 0 aromatic heterocycles. The molecule has 0 atom stereocenters. The summed E-state index contributed by atoms with van der Waals surface area (Å²) in [6, 6.07) is 4.48. The first kappa shape index (κ1) is 13.4. The van der Waals surface area contributed by atoms with Gasteiger partial charge in [-0.05, 0) is 36.9 Å². The van der Waals surface area contributed by atoms with E-state index in [4.69, 9.17) is 21.6 Å². The number of rotatable bonds is 2. The molecule has 1 aromatic rings. The maximum atomic E-state index is 12.2. The Morgan fingerprint density at radius 3 is 2.44 bits per heavy atom. The van der Waals surface area contributed by atoms with Crippen LogP contribution in [0.15, 0.2) is 18.2 Å². The van der Waals surface area contributed by atoms with Gasteiger partial charge in [-0.15, -0.1) is 0 Å². The van der Waals surface area contributed by atoms with Crippen LogP contribution in [0.2, 0.25) is 5.02 Å². The summed E-state index contributed by atoms with van der Waals surface area (Å²) >= 11 is 6.02. The van der Waals surface area contributed by atoms with Crippen molar-refractivity contribution < 1.29 is 14.8 Å². The maximum Gasteiger partial charge on any atom is 0.488 e. The number of benzene rings is 1. The van der Waals surface area contributed by atoms with Crippen LogP contribution in [-0.4, -0.2) is 41.1 Å². The van der Waals surface area contributed by atoms with Crippen molar-refractivity contribution in [3.63, 3.8) is 0 Å². The zero-order chi connectivity index (χ0) is 13.1. The molecular formula is C12H15BClNO3. The average molecular weight is 268 g/mol. The fourth-order valence-electron chi connectivity index (χ4n) is 2.13. The number of halogens is 1. The van der Waals surface area contributed by atoms with E-state index >= 15 is 0 Å². The minimum absolute atomic E-state index is 0.0846. The third-order valence-corrected chi connectivity index (χ3v) is 3.48. The number of hydrogen-bond donors (Lipinski definition) is 2. The summed E-state index contributed by atoms with van der Waals surface area (Å²) in [6.07, 6.45) is 3.21. The number of likely N-dealkylation sites (tertiary alicyclic amines) is 1. The van der Waals surface area contributed by atoms with Crippen LogP contribution in [0.25, 0.3) is 0 Å². The first-order valence-electron chi connectivity index (χ1n) is 6.04. The molecule has 96 valence electrons. The minimum Gasteiger partial charge on any atom is -0.423 e. The molecule has 4 nitrogen and oxygen atoms in total. The second-order valence-corrected chi connectivity index (χ2v) is 4.87. The highest BCUT2D eigenvalue weighted by atomic mass is 35.5. The fraction of sp³-hybridized carbons (Fsp3) is 0.417. The monoisotopic (exact) mass is 267 g/mol. The molecule has 0 bridgehead atoms. The Morgan fingerprint density at radius 2 is 1.89 bits per heavy atom. The van der Waals surface area contributed by atoms with E-state index in [1.807, 2.05) is 0 Å². The van der Waals surface area contributed by atoms with Crippen molar-refractivity contribution >= 4 is 30.1 Å². The van der Waals surface area contributed by atoms with Crippen LogP contribution in [0.5, 0.6) is 0 Å². The third-order valence-electron chi connectivity index (χ3n) is 3.16. The molecule has 1 aliphatic rings. The Kier molecular flexibility index (Phi) is 4.27. The quantitative estimate of drug-likeness (QED) is 0.773. The summed E-state index contributed by atoms with van der Waals surface area (Å²) in [5, 5.41) is 18.3. The van der Waals surface area contributed by atoms with Crippen LogP contribution in [0.1, 0.15) is 29.6 Å². The zero-order valence-corrected chi connectivity index (χ0v) is 10.7. The topological polar surface area (TPSA) is 60.8 Å². The van der Waals surface area contributed by atoms with E-state index in [2.05, 4.69) is 0 Å². The highest BCUT2D eigenvalue weighted by Crippen LogP contribution is 2.19. The first-order chi connectivity index (χ1) is 8.59. The Hall–Kier alpha value is -1.04. The van der Waals surface area contributed by atoms with Crippen molar-refractivity contribution in [2.45, 2.75) is 19.3 Å². The summed E-state index contributed by atoms with van der Waals surface area (Å²) in [6.45, 7) is 1.53. The SMILES string of the molecule is O=C(c1ccc(B(O)O)cc1Cl)N1CCCCC1. The van der Waals surface area contributed by atoms with Gasteiger partial charge < -0.3 is 14.9 Å². The first-order valence-corrected chi connectivity index (χ1v) is 6.42. The van der Waals surface area contributed by atoms with Gasteiger partial charge in [0.15, 0.2) is 0 Å². The van der Waals surface area contributed by atoms with Crippen molar-refractivity contribution in [2.24, 2.45) is 0 Å². The number of carbonyl (C=O) groups excluding carboxylic acids is 1. The van der Waals surface area contributed by atoms with Gasteiger partial charge in [-0.25, -0.2) is 0 Å². The van der Waals surface area contributed by atoms with Crippen LogP contribution < -0.4 is 5.46 Å². The van der Waals surface area contributed by atoms with E-state index in [0.29, 0.717) is 5.56 Å². The van der Waals surface area contributed by atoms with Gasteiger partial charge in [0.25, 0.3) is 5.91 Å². The summed E-state index contributed by atoms with van der Waals surface area (Å²) in [7, 11) is -1.57. The standard InChI is InChI=1S/C12H15BClNO3/c14-11-8-9(13(17)18)4-5-10(11)12(16)15-6-2-1-3-7-15/h4-5,8,17-18H,1-3,6-7H2. The number of carbonyl (C=O) groups is 1. The van der Waals surface area contributed by atoms with Crippen molar-refractivity contribution in [2.75, 3.05) is 13.1 Å². The molecule has 0 unspecified atom stereocenters. The van der Waals surface area contributed by atoms with E-state index in [-0.39, 0.29) is 16.4 Å². The van der Waals surface area contributed by atoms with Gasteiger partial charge in [-0.1, -0.05) is 17.7 Å². The van der Waals surface area contributed by atoms with Gasteiger partial charge >= 0.3 is 7.12 Å². The Balaban J connectivity index is 2.19. The second-order valence-electron chi connectivity index (χ2n) is 4.47. The molecule has 0 spiro atoms. The normalized spacial score (nSPS) is 15.6. The Labute approximate surface area is 111 Å². The molecule has 0 saturated carbocycles. The van der Waals surface area contributed by atoms with E-state index in [0.717, 1.165) is 32.4 Å². The molecule has 1 fully saturated rings. The maximum absolute atomic E-state index is 12.2. The molecule has 2 N–H and O–H groups in total. The molecule has 2 rings (SSSR count). The second kappa shape index (κ2) is 5.74. The average Bonchev–Trinajstić information content (AvgIpc) is 2.38. The Morgan fingerprint density at radius 1 is 1.22 bits per heavy atom. The molecule has 0 aliphatic carbocycles. The van der Waals surface area contributed by atoms with Crippen LogP contribution in [-0.2, 0) is 0 Å². The van der Waals surface area contributed by atoms with Crippen LogP contribution >= 0.6 is 11.6 Å². The lowest BCUT2D eigenvalue weighted by Gasteiger charge is -2.27. The van der Waals surface area contributed by atoms with E-state index < -0.39 is 7.12 Å². The molecular weight excluding hydrogens is 252 g/mol. The van der Waals surface area contributed by atoms with Gasteiger partial charge in [0.2, 0.25) is 0 Å². The van der Waals surface area contributed by atoms with Crippen molar-refractivity contribution in [3.8, 4) is 0 Å². The van der Waals surface area contributed by atoms with E-state index in [9.17, 15) is 4.79 Å².